The standard InChI is InChI=1S/C26H42N2O3/c1-18(13-14-23-20(3)12-9-16-26(23,6)7)10-8-11-19(2)15-17-31-25(30)22(5)28-24(29)21(4)27/h10,13-15,21-22H,8-9,11-12,16-17,27H2,1-7H3,(H,28,29)/b14-13+,18-10+,19-15+/t21-,22?/m0/s1. The van der Waals surface area contributed by atoms with Crippen molar-refractivity contribution in [1.82, 2.24) is 5.32 Å². The van der Waals surface area contributed by atoms with Gasteiger partial charge in [-0.3, -0.25) is 4.79 Å². The van der Waals surface area contributed by atoms with Crippen LogP contribution in [0, 0.1) is 5.41 Å². The third kappa shape index (κ3) is 9.69. The van der Waals surface area contributed by atoms with Crippen molar-refractivity contribution in [3.8, 4) is 0 Å². The highest BCUT2D eigenvalue weighted by Crippen LogP contribution is 2.40. The van der Waals surface area contributed by atoms with Crippen LogP contribution in [-0.4, -0.2) is 30.6 Å². The van der Waals surface area contributed by atoms with Gasteiger partial charge < -0.3 is 15.8 Å². The van der Waals surface area contributed by atoms with Gasteiger partial charge in [-0.2, -0.15) is 0 Å². The van der Waals surface area contributed by atoms with E-state index in [9.17, 15) is 9.59 Å². The Hall–Kier alpha value is -2.14. The molecule has 174 valence electrons. The Kier molecular flexibility index (Phi) is 11.0. The third-order valence-corrected chi connectivity index (χ3v) is 5.84. The third-order valence-electron chi connectivity index (χ3n) is 5.84. The second-order valence-electron chi connectivity index (χ2n) is 9.45. The van der Waals surface area contributed by atoms with E-state index < -0.39 is 18.1 Å². The van der Waals surface area contributed by atoms with Gasteiger partial charge in [-0.25, -0.2) is 4.79 Å². The zero-order valence-corrected chi connectivity index (χ0v) is 20.5. The molecule has 31 heavy (non-hydrogen) atoms. The molecule has 0 saturated heterocycles. The van der Waals surface area contributed by atoms with Crippen LogP contribution in [0.15, 0.2) is 46.6 Å². The predicted octanol–water partition coefficient (Wildman–Crippen LogP) is 5.14. The molecule has 0 saturated carbocycles. The summed E-state index contributed by atoms with van der Waals surface area (Å²) in [6, 6.07) is -1.36. The summed E-state index contributed by atoms with van der Waals surface area (Å²) in [7, 11) is 0. The average Bonchev–Trinajstić information content (AvgIpc) is 2.66. The number of allylic oxidation sites excluding steroid dienone is 7. The average molecular weight is 431 g/mol. The minimum atomic E-state index is -0.711. The van der Waals surface area contributed by atoms with Gasteiger partial charge in [0.1, 0.15) is 12.6 Å². The first kappa shape index (κ1) is 26.9. The quantitative estimate of drug-likeness (QED) is 0.286. The highest BCUT2D eigenvalue weighted by molar-refractivity contribution is 5.86. The fraction of sp³-hybridized carbons (Fsp3) is 0.615. The molecule has 0 heterocycles. The molecule has 1 aliphatic carbocycles. The van der Waals surface area contributed by atoms with Gasteiger partial charge in [0.2, 0.25) is 5.91 Å². The molecular weight excluding hydrogens is 388 g/mol. The van der Waals surface area contributed by atoms with Gasteiger partial charge in [0, 0.05) is 0 Å². The summed E-state index contributed by atoms with van der Waals surface area (Å²) in [5, 5.41) is 2.53. The Morgan fingerprint density at radius 3 is 2.52 bits per heavy atom. The maximum absolute atomic E-state index is 11.9. The van der Waals surface area contributed by atoms with Crippen LogP contribution in [0.25, 0.3) is 0 Å². The van der Waals surface area contributed by atoms with E-state index in [1.165, 1.54) is 41.6 Å². The molecule has 0 radical (unpaired) electrons. The highest BCUT2D eigenvalue weighted by Gasteiger charge is 2.26. The second kappa shape index (κ2) is 12.7. The molecule has 0 aromatic rings. The van der Waals surface area contributed by atoms with E-state index in [0.717, 1.165) is 12.8 Å². The van der Waals surface area contributed by atoms with Crippen LogP contribution in [0.4, 0.5) is 0 Å². The molecule has 0 aromatic carbocycles. The van der Waals surface area contributed by atoms with E-state index in [1.54, 1.807) is 13.8 Å². The molecule has 0 aliphatic heterocycles. The second-order valence-corrected chi connectivity index (χ2v) is 9.45. The van der Waals surface area contributed by atoms with Crippen LogP contribution < -0.4 is 11.1 Å². The van der Waals surface area contributed by atoms with Crippen molar-refractivity contribution >= 4 is 11.9 Å². The lowest BCUT2D eigenvalue weighted by molar-refractivity contribution is -0.146. The van der Waals surface area contributed by atoms with Gasteiger partial charge in [0.25, 0.3) is 0 Å². The first-order chi connectivity index (χ1) is 14.4. The molecule has 0 spiro atoms. The number of rotatable bonds is 10. The van der Waals surface area contributed by atoms with E-state index in [4.69, 9.17) is 10.5 Å². The van der Waals surface area contributed by atoms with Crippen molar-refractivity contribution in [3.63, 3.8) is 0 Å². The van der Waals surface area contributed by atoms with E-state index in [2.05, 4.69) is 51.2 Å². The maximum Gasteiger partial charge on any atom is 0.328 e. The van der Waals surface area contributed by atoms with Crippen LogP contribution in [0.5, 0.6) is 0 Å². The fourth-order valence-corrected chi connectivity index (χ4v) is 3.72. The molecule has 2 atom stereocenters. The van der Waals surface area contributed by atoms with Gasteiger partial charge >= 0.3 is 5.97 Å². The van der Waals surface area contributed by atoms with Crippen molar-refractivity contribution in [1.29, 1.82) is 0 Å². The van der Waals surface area contributed by atoms with E-state index >= 15 is 0 Å². The monoisotopic (exact) mass is 430 g/mol. The summed E-state index contributed by atoms with van der Waals surface area (Å²) in [5.74, 6) is -0.833. The van der Waals surface area contributed by atoms with Crippen LogP contribution >= 0.6 is 0 Å². The predicted molar refractivity (Wildman–Crippen MR) is 128 cm³/mol. The highest BCUT2D eigenvalue weighted by atomic mass is 16.5. The van der Waals surface area contributed by atoms with Gasteiger partial charge in [0.15, 0.2) is 0 Å². The summed E-state index contributed by atoms with van der Waals surface area (Å²) in [5.41, 5.74) is 11.2. The first-order valence-electron chi connectivity index (χ1n) is 11.4. The van der Waals surface area contributed by atoms with Gasteiger partial charge in [-0.15, -0.1) is 0 Å². The number of hydrogen-bond acceptors (Lipinski definition) is 4. The smallest absolute Gasteiger partial charge is 0.328 e. The molecular formula is C26H42N2O3. The molecule has 3 N–H and O–H groups in total. The van der Waals surface area contributed by atoms with E-state index in [1.807, 2.05) is 13.0 Å². The lowest BCUT2D eigenvalue weighted by Gasteiger charge is -2.32. The number of nitrogens with one attached hydrogen (secondary N) is 1. The number of carbonyl (C=O) groups is 2. The van der Waals surface area contributed by atoms with Crippen LogP contribution in [0.3, 0.4) is 0 Å². The number of esters is 1. The summed E-state index contributed by atoms with van der Waals surface area (Å²) >= 11 is 0. The molecule has 5 nitrogen and oxygen atoms in total. The van der Waals surface area contributed by atoms with Gasteiger partial charge in [-0.1, -0.05) is 48.8 Å². The molecule has 1 rings (SSSR count). The lowest BCUT2D eigenvalue weighted by Crippen LogP contribution is -2.46. The molecule has 1 unspecified atom stereocenters. The largest absolute Gasteiger partial charge is 0.460 e. The van der Waals surface area contributed by atoms with Gasteiger partial charge in [-0.05, 0) is 83.8 Å². The van der Waals surface area contributed by atoms with Crippen molar-refractivity contribution < 1.29 is 14.3 Å². The van der Waals surface area contributed by atoms with Crippen molar-refractivity contribution in [2.45, 2.75) is 92.7 Å². The summed E-state index contributed by atoms with van der Waals surface area (Å²) in [6.07, 6.45) is 14.3. The number of amides is 1. The maximum atomic E-state index is 11.9. The topological polar surface area (TPSA) is 81.4 Å². The Morgan fingerprint density at radius 2 is 1.90 bits per heavy atom. The molecule has 1 amide bonds. The zero-order valence-electron chi connectivity index (χ0n) is 20.5. The zero-order chi connectivity index (χ0) is 23.6. The molecule has 0 fully saturated rings. The van der Waals surface area contributed by atoms with Crippen LogP contribution in [0.2, 0.25) is 0 Å². The van der Waals surface area contributed by atoms with Crippen molar-refractivity contribution in [3.05, 3.63) is 46.6 Å². The fourth-order valence-electron chi connectivity index (χ4n) is 3.72. The van der Waals surface area contributed by atoms with E-state index in [-0.39, 0.29) is 17.9 Å². The Balaban J connectivity index is 2.45. The molecule has 0 bridgehead atoms. The molecule has 1 aliphatic rings. The normalized spacial score (nSPS) is 19.4. The summed E-state index contributed by atoms with van der Waals surface area (Å²) in [6.45, 7) is 14.5. The van der Waals surface area contributed by atoms with Crippen LogP contribution in [-0.2, 0) is 14.3 Å². The molecule has 0 aromatic heterocycles. The lowest BCUT2D eigenvalue weighted by atomic mass is 9.72. The Labute approximate surface area is 188 Å². The van der Waals surface area contributed by atoms with Crippen LogP contribution in [0.1, 0.15) is 80.6 Å². The number of hydrogen-bond donors (Lipinski definition) is 2. The van der Waals surface area contributed by atoms with Crippen molar-refractivity contribution in [2.75, 3.05) is 6.61 Å². The van der Waals surface area contributed by atoms with Gasteiger partial charge in [0.05, 0.1) is 6.04 Å². The number of carbonyl (C=O) groups excluding carboxylic acids is 2. The number of nitrogens with two attached hydrogens (primary N) is 1. The summed E-state index contributed by atoms with van der Waals surface area (Å²) in [4.78, 5) is 23.5. The minimum absolute atomic E-state index is 0.203. The minimum Gasteiger partial charge on any atom is -0.460 e. The molecule has 5 heteroatoms. The number of ether oxygens (including phenoxy) is 1. The first-order valence-corrected chi connectivity index (χ1v) is 11.4. The summed E-state index contributed by atoms with van der Waals surface area (Å²) < 4.78 is 5.22. The van der Waals surface area contributed by atoms with E-state index in [0.29, 0.717) is 0 Å². The van der Waals surface area contributed by atoms with Crippen molar-refractivity contribution in [2.24, 2.45) is 11.1 Å². The Bertz CT molecular complexity index is 755. The Morgan fingerprint density at radius 1 is 1.23 bits per heavy atom. The SMILES string of the molecule is CC1=C(/C=C/C(C)=C/CC/C(C)=C/COC(=O)C(C)NC(=O)[C@H](C)N)C(C)(C)CCC1.